The summed E-state index contributed by atoms with van der Waals surface area (Å²) in [5.74, 6) is 0.129. The molecule has 1 atom stereocenters. The first kappa shape index (κ1) is 20.3. The molecule has 0 fully saturated rings. The van der Waals surface area contributed by atoms with Crippen molar-refractivity contribution in [3.8, 4) is 5.75 Å². The molecule has 2 rings (SSSR count). The molecule has 0 aliphatic carbocycles. The van der Waals surface area contributed by atoms with E-state index in [1.165, 1.54) is 0 Å². The van der Waals surface area contributed by atoms with Crippen LogP contribution in [0.4, 0.5) is 11.4 Å². The highest BCUT2D eigenvalue weighted by atomic mass is 16.5. The van der Waals surface area contributed by atoms with Crippen LogP contribution < -0.4 is 20.7 Å². The molecule has 0 bridgehead atoms. The number of amides is 2. The smallest absolute Gasteiger partial charge is 0.243 e. The Balaban J connectivity index is 1.91. The van der Waals surface area contributed by atoms with E-state index in [9.17, 15) is 9.59 Å². The molecule has 0 aliphatic rings. The zero-order valence-corrected chi connectivity index (χ0v) is 16.5. The van der Waals surface area contributed by atoms with Crippen molar-refractivity contribution < 1.29 is 14.3 Å². The van der Waals surface area contributed by atoms with Gasteiger partial charge in [0, 0.05) is 5.69 Å². The van der Waals surface area contributed by atoms with E-state index in [0.717, 1.165) is 28.1 Å². The molecule has 2 aromatic rings. The van der Waals surface area contributed by atoms with Gasteiger partial charge in [-0.3, -0.25) is 9.59 Å². The predicted molar refractivity (Wildman–Crippen MR) is 108 cm³/mol. The fraction of sp³-hybridized carbons (Fsp3) is 0.333. The normalized spacial score (nSPS) is 11.4. The molecule has 6 nitrogen and oxygen atoms in total. The molecule has 0 aromatic heterocycles. The SMILES string of the molecule is COc1ccc(C)cc1NC(C)C(=O)NCC(=O)Nc1c(C)cccc1C. The number of nitrogens with one attached hydrogen (secondary N) is 3. The predicted octanol–water partition coefficient (Wildman–Crippen LogP) is 3.18. The van der Waals surface area contributed by atoms with Crippen molar-refractivity contribution in [2.45, 2.75) is 33.7 Å². The van der Waals surface area contributed by atoms with Crippen molar-refractivity contribution in [1.29, 1.82) is 0 Å². The maximum absolute atomic E-state index is 12.3. The number of para-hydroxylation sites is 1. The summed E-state index contributed by atoms with van der Waals surface area (Å²) >= 11 is 0. The Labute approximate surface area is 160 Å². The lowest BCUT2D eigenvalue weighted by Crippen LogP contribution is -2.41. The van der Waals surface area contributed by atoms with E-state index in [1.54, 1.807) is 14.0 Å². The number of methoxy groups -OCH3 is 1. The molecule has 2 amide bonds. The van der Waals surface area contributed by atoms with Crippen LogP contribution in [-0.4, -0.2) is 31.5 Å². The van der Waals surface area contributed by atoms with Crippen LogP contribution in [0, 0.1) is 20.8 Å². The Morgan fingerprint density at radius 3 is 2.37 bits per heavy atom. The standard InChI is InChI=1S/C21H27N3O3/c1-13-9-10-18(27-5)17(11-13)23-16(4)21(26)22-12-19(25)24-20-14(2)7-6-8-15(20)3/h6-11,16,23H,12H2,1-5H3,(H,22,26)(H,24,25). The number of hydrogen-bond acceptors (Lipinski definition) is 4. The van der Waals surface area contributed by atoms with E-state index in [4.69, 9.17) is 4.74 Å². The van der Waals surface area contributed by atoms with E-state index in [-0.39, 0.29) is 18.4 Å². The van der Waals surface area contributed by atoms with Crippen molar-refractivity contribution >= 4 is 23.2 Å². The van der Waals surface area contributed by atoms with Crippen molar-refractivity contribution in [1.82, 2.24) is 5.32 Å². The van der Waals surface area contributed by atoms with Crippen LogP contribution in [-0.2, 0) is 9.59 Å². The molecule has 2 aromatic carbocycles. The van der Waals surface area contributed by atoms with Gasteiger partial charge in [-0.25, -0.2) is 0 Å². The van der Waals surface area contributed by atoms with Gasteiger partial charge in [0.1, 0.15) is 11.8 Å². The zero-order chi connectivity index (χ0) is 20.0. The number of carbonyl (C=O) groups excluding carboxylic acids is 2. The summed E-state index contributed by atoms with van der Waals surface area (Å²) in [6, 6.07) is 11.0. The monoisotopic (exact) mass is 369 g/mol. The first-order valence-corrected chi connectivity index (χ1v) is 8.86. The quantitative estimate of drug-likeness (QED) is 0.700. The van der Waals surface area contributed by atoms with Gasteiger partial charge in [-0.1, -0.05) is 24.3 Å². The van der Waals surface area contributed by atoms with Crippen LogP contribution in [0.1, 0.15) is 23.6 Å². The van der Waals surface area contributed by atoms with Gasteiger partial charge in [0.25, 0.3) is 0 Å². The van der Waals surface area contributed by atoms with E-state index < -0.39 is 6.04 Å². The molecule has 144 valence electrons. The molecule has 1 unspecified atom stereocenters. The van der Waals surface area contributed by atoms with Gasteiger partial charge in [0.05, 0.1) is 19.3 Å². The maximum atomic E-state index is 12.3. The topological polar surface area (TPSA) is 79.5 Å². The van der Waals surface area contributed by atoms with Crippen LogP contribution >= 0.6 is 0 Å². The van der Waals surface area contributed by atoms with E-state index in [0.29, 0.717) is 5.75 Å². The summed E-state index contributed by atoms with van der Waals surface area (Å²) in [4.78, 5) is 24.5. The molecule has 0 saturated carbocycles. The Kier molecular flexibility index (Phi) is 6.82. The van der Waals surface area contributed by atoms with Gasteiger partial charge in [-0.05, 0) is 56.5 Å². The molecule has 0 radical (unpaired) electrons. The lowest BCUT2D eigenvalue weighted by atomic mass is 10.1. The van der Waals surface area contributed by atoms with Gasteiger partial charge in [0.2, 0.25) is 11.8 Å². The Morgan fingerprint density at radius 2 is 1.74 bits per heavy atom. The first-order valence-electron chi connectivity index (χ1n) is 8.86. The molecule has 6 heteroatoms. The molecule has 0 spiro atoms. The van der Waals surface area contributed by atoms with Crippen LogP contribution in [0.3, 0.4) is 0 Å². The second-order valence-corrected chi connectivity index (χ2v) is 6.60. The van der Waals surface area contributed by atoms with Gasteiger partial charge >= 0.3 is 0 Å². The summed E-state index contributed by atoms with van der Waals surface area (Å²) in [6.45, 7) is 7.47. The number of ether oxygens (including phenoxy) is 1. The first-order chi connectivity index (χ1) is 12.8. The molecule has 0 saturated heterocycles. The van der Waals surface area contributed by atoms with E-state index in [1.807, 2.05) is 57.2 Å². The molecule has 3 N–H and O–H groups in total. The van der Waals surface area contributed by atoms with Crippen LogP contribution in [0.15, 0.2) is 36.4 Å². The van der Waals surface area contributed by atoms with E-state index >= 15 is 0 Å². The third-order valence-electron chi connectivity index (χ3n) is 4.29. The van der Waals surface area contributed by atoms with Gasteiger partial charge in [0.15, 0.2) is 0 Å². The van der Waals surface area contributed by atoms with Gasteiger partial charge in [-0.15, -0.1) is 0 Å². The summed E-state index contributed by atoms with van der Waals surface area (Å²) < 4.78 is 5.31. The van der Waals surface area contributed by atoms with Crippen LogP contribution in [0.25, 0.3) is 0 Å². The average Bonchev–Trinajstić information content (AvgIpc) is 2.63. The average molecular weight is 369 g/mol. The second-order valence-electron chi connectivity index (χ2n) is 6.60. The Hall–Kier alpha value is -3.02. The fourth-order valence-electron chi connectivity index (χ4n) is 2.75. The second kappa shape index (κ2) is 9.07. The molecular weight excluding hydrogens is 342 g/mol. The number of carbonyl (C=O) groups is 2. The zero-order valence-electron chi connectivity index (χ0n) is 16.5. The summed E-state index contributed by atoms with van der Waals surface area (Å²) in [5.41, 5.74) is 4.54. The van der Waals surface area contributed by atoms with Gasteiger partial charge < -0.3 is 20.7 Å². The highest BCUT2D eigenvalue weighted by Gasteiger charge is 2.16. The summed E-state index contributed by atoms with van der Waals surface area (Å²) in [5, 5.41) is 8.64. The number of benzene rings is 2. The van der Waals surface area contributed by atoms with Crippen molar-refractivity contribution in [3.05, 3.63) is 53.1 Å². The third-order valence-corrected chi connectivity index (χ3v) is 4.29. The highest BCUT2D eigenvalue weighted by molar-refractivity contribution is 5.96. The Bertz CT molecular complexity index is 813. The lowest BCUT2D eigenvalue weighted by Gasteiger charge is -2.18. The molecule has 0 aliphatic heterocycles. The van der Waals surface area contributed by atoms with Crippen molar-refractivity contribution in [3.63, 3.8) is 0 Å². The van der Waals surface area contributed by atoms with Crippen molar-refractivity contribution in [2.75, 3.05) is 24.3 Å². The largest absolute Gasteiger partial charge is 0.495 e. The maximum Gasteiger partial charge on any atom is 0.243 e. The number of hydrogen-bond donors (Lipinski definition) is 3. The minimum Gasteiger partial charge on any atom is -0.495 e. The summed E-state index contributed by atoms with van der Waals surface area (Å²) in [7, 11) is 1.58. The summed E-state index contributed by atoms with van der Waals surface area (Å²) in [6.07, 6.45) is 0. The molecule has 0 heterocycles. The fourth-order valence-corrected chi connectivity index (χ4v) is 2.75. The number of rotatable bonds is 7. The number of anilines is 2. The molecular formula is C21H27N3O3. The third kappa shape index (κ3) is 5.48. The van der Waals surface area contributed by atoms with Crippen LogP contribution in [0.2, 0.25) is 0 Å². The minimum absolute atomic E-state index is 0.0937. The van der Waals surface area contributed by atoms with Crippen LogP contribution in [0.5, 0.6) is 5.75 Å². The van der Waals surface area contributed by atoms with E-state index in [2.05, 4.69) is 16.0 Å². The van der Waals surface area contributed by atoms with Gasteiger partial charge in [-0.2, -0.15) is 0 Å². The minimum atomic E-state index is -0.520. The Morgan fingerprint density at radius 1 is 1.07 bits per heavy atom. The number of aryl methyl sites for hydroxylation is 3. The highest BCUT2D eigenvalue weighted by Crippen LogP contribution is 2.25. The molecule has 27 heavy (non-hydrogen) atoms. The van der Waals surface area contributed by atoms with Crippen molar-refractivity contribution in [2.24, 2.45) is 0 Å². The lowest BCUT2D eigenvalue weighted by molar-refractivity contribution is -0.124.